The Bertz CT molecular complexity index is 293. The van der Waals surface area contributed by atoms with Crippen molar-refractivity contribution in [2.45, 2.75) is 51.3 Å². The topological polar surface area (TPSA) is 89.9 Å². The average molecular weight is 244 g/mol. The Morgan fingerprint density at radius 3 is 2.65 bits per heavy atom. The van der Waals surface area contributed by atoms with Crippen molar-refractivity contribution in [3.8, 4) is 0 Å². The molecule has 3 N–H and O–H groups in total. The highest BCUT2D eigenvalue weighted by Gasteiger charge is 2.31. The smallest absolute Gasteiger partial charge is 0.328 e. The van der Waals surface area contributed by atoms with Crippen LogP contribution in [0.4, 0.5) is 4.79 Å². The van der Waals surface area contributed by atoms with Crippen LogP contribution in [0.3, 0.4) is 0 Å². The molecule has 6 heteroatoms. The summed E-state index contributed by atoms with van der Waals surface area (Å²) in [6, 6.07) is -1.47. The Kier molecular flexibility index (Phi) is 4.74. The predicted molar refractivity (Wildman–Crippen MR) is 61.7 cm³/mol. The molecule has 0 saturated carbocycles. The number of amides is 2. The van der Waals surface area contributed by atoms with Gasteiger partial charge in [-0.15, -0.1) is 0 Å². The number of aliphatic carboxylic acids is 1. The van der Waals surface area contributed by atoms with E-state index in [1.165, 1.54) is 6.92 Å². The molecular weight excluding hydrogens is 224 g/mol. The maximum Gasteiger partial charge on any atom is 0.328 e. The summed E-state index contributed by atoms with van der Waals surface area (Å²) in [5.74, 6) is -1.22. The fraction of sp³-hybridized carbons (Fsp3) is 0.818. The van der Waals surface area contributed by atoms with E-state index >= 15 is 0 Å². The van der Waals surface area contributed by atoms with Crippen LogP contribution in [0.1, 0.15) is 33.1 Å². The molecule has 0 spiro atoms. The van der Waals surface area contributed by atoms with Crippen LogP contribution in [0.2, 0.25) is 0 Å². The molecular formula is C11H20N2O4. The zero-order valence-corrected chi connectivity index (χ0v) is 10.2. The second-order valence-corrected chi connectivity index (χ2v) is 4.40. The summed E-state index contributed by atoms with van der Waals surface area (Å²) < 4.78 is 0. The first kappa shape index (κ1) is 13.8. The number of nitrogens with zero attached hydrogens (tertiary/aromatic N) is 1. The molecule has 3 atom stereocenters. The van der Waals surface area contributed by atoms with E-state index in [0.29, 0.717) is 6.54 Å². The van der Waals surface area contributed by atoms with Crippen LogP contribution in [0.25, 0.3) is 0 Å². The van der Waals surface area contributed by atoms with Gasteiger partial charge in [0.15, 0.2) is 6.04 Å². The lowest BCUT2D eigenvalue weighted by atomic mass is 10.1. The zero-order chi connectivity index (χ0) is 13.0. The largest absolute Gasteiger partial charge is 0.480 e. The minimum Gasteiger partial charge on any atom is -0.480 e. The molecule has 1 saturated heterocycles. The third kappa shape index (κ3) is 3.33. The van der Waals surface area contributed by atoms with Gasteiger partial charge in [0.25, 0.3) is 0 Å². The van der Waals surface area contributed by atoms with Gasteiger partial charge in [0.05, 0.1) is 6.10 Å². The first-order valence-corrected chi connectivity index (χ1v) is 5.95. The quantitative estimate of drug-likeness (QED) is 0.668. The molecule has 0 bridgehead atoms. The van der Waals surface area contributed by atoms with Gasteiger partial charge in [0, 0.05) is 12.6 Å². The number of carbonyl (C=O) groups is 2. The lowest BCUT2D eigenvalue weighted by molar-refractivity contribution is -0.141. The van der Waals surface area contributed by atoms with Crippen molar-refractivity contribution >= 4 is 12.0 Å². The summed E-state index contributed by atoms with van der Waals surface area (Å²) in [5, 5.41) is 20.5. The first-order valence-electron chi connectivity index (χ1n) is 5.95. The van der Waals surface area contributed by atoms with Gasteiger partial charge >= 0.3 is 12.0 Å². The number of nitrogens with one attached hydrogen (secondary N) is 1. The number of hydrogen-bond acceptors (Lipinski definition) is 3. The van der Waals surface area contributed by atoms with Crippen molar-refractivity contribution in [2.24, 2.45) is 0 Å². The molecule has 98 valence electrons. The normalized spacial score (nSPS) is 23.2. The Labute approximate surface area is 101 Å². The van der Waals surface area contributed by atoms with Gasteiger partial charge in [-0.05, 0) is 26.2 Å². The summed E-state index contributed by atoms with van der Waals surface area (Å²) >= 11 is 0. The van der Waals surface area contributed by atoms with Crippen molar-refractivity contribution in [1.82, 2.24) is 10.2 Å². The molecule has 0 aromatic rings. The molecule has 1 rings (SSSR count). The van der Waals surface area contributed by atoms with Gasteiger partial charge < -0.3 is 20.4 Å². The van der Waals surface area contributed by atoms with E-state index in [0.717, 1.165) is 19.3 Å². The third-order valence-electron chi connectivity index (χ3n) is 3.14. The second kappa shape index (κ2) is 5.86. The number of aliphatic hydroxyl groups excluding tert-OH is 1. The third-order valence-corrected chi connectivity index (χ3v) is 3.14. The van der Waals surface area contributed by atoms with Crippen molar-refractivity contribution in [2.75, 3.05) is 6.54 Å². The van der Waals surface area contributed by atoms with Crippen LogP contribution in [0, 0.1) is 0 Å². The van der Waals surface area contributed by atoms with Crippen LogP contribution in [0.15, 0.2) is 0 Å². The van der Waals surface area contributed by atoms with E-state index in [4.69, 9.17) is 5.11 Å². The van der Waals surface area contributed by atoms with Crippen molar-refractivity contribution < 1.29 is 19.8 Å². The van der Waals surface area contributed by atoms with E-state index in [2.05, 4.69) is 5.32 Å². The van der Waals surface area contributed by atoms with Gasteiger partial charge in [-0.1, -0.05) is 6.92 Å². The summed E-state index contributed by atoms with van der Waals surface area (Å²) in [6.45, 7) is 4.00. The maximum absolute atomic E-state index is 11.9. The number of carboxylic acids is 1. The van der Waals surface area contributed by atoms with Crippen LogP contribution in [-0.4, -0.2) is 51.8 Å². The summed E-state index contributed by atoms with van der Waals surface area (Å²) in [5.41, 5.74) is 0. The molecule has 1 heterocycles. The van der Waals surface area contributed by atoms with Gasteiger partial charge in [-0.2, -0.15) is 0 Å². The molecule has 1 aliphatic heterocycles. The predicted octanol–water partition coefficient (Wildman–Crippen LogP) is 0.404. The molecule has 0 aromatic heterocycles. The summed E-state index contributed by atoms with van der Waals surface area (Å²) in [7, 11) is 0. The van der Waals surface area contributed by atoms with E-state index in [9.17, 15) is 14.7 Å². The lowest BCUT2D eigenvalue weighted by Gasteiger charge is -2.26. The Morgan fingerprint density at radius 1 is 1.53 bits per heavy atom. The fourth-order valence-corrected chi connectivity index (χ4v) is 2.13. The highest BCUT2D eigenvalue weighted by molar-refractivity contribution is 5.83. The maximum atomic E-state index is 11.9. The molecule has 1 fully saturated rings. The van der Waals surface area contributed by atoms with Crippen molar-refractivity contribution in [3.05, 3.63) is 0 Å². The van der Waals surface area contributed by atoms with Crippen LogP contribution < -0.4 is 5.32 Å². The van der Waals surface area contributed by atoms with E-state index in [1.807, 2.05) is 6.92 Å². The monoisotopic (exact) mass is 244 g/mol. The summed E-state index contributed by atoms with van der Waals surface area (Å²) in [4.78, 5) is 24.4. The van der Waals surface area contributed by atoms with Crippen LogP contribution >= 0.6 is 0 Å². The summed E-state index contributed by atoms with van der Waals surface area (Å²) in [6.07, 6.45) is 1.65. The molecule has 17 heavy (non-hydrogen) atoms. The minimum absolute atomic E-state index is 0.179. The number of carboxylic acid groups (broad SMARTS) is 1. The Morgan fingerprint density at radius 2 is 2.18 bits per heavy atom. The van der Waals surface area contributed by atoms with Gasteiger partial charge in [0.1, 0.15) is 0 Å². The Balaban J connectivity index is 2.61. The first-order chi connectivity index (χ1) is 7.97. The molecule has 1 aliphatic rings. The molecule has 0 aromatic carbocycles. The molecule has 0 aliphatic carbocycles. The van der Waals surface area contributed by atoms with Crippen LogP contribution in [0.5, 0.6) is 0 Å². The number of carbonyl (C=O) groups excluding carboxylic acids is 1. The van der Waals surface area contributed by atoms with Gasteiger partial charge in [-0.25, -0.2) is 9.59 Å². The number of urea groups is 1. The van der Waals surface area contributed by atoms with E-state index in [-0.39, 0.29) is 6.04 Å². The molecule has 0 radical (unpaired) electrons. The fourth-order valence-electron chi connectivity index (χ4n) is 2.13. The number of hydrogen-bond donors (Lipinski definition) is 3. The Hall–Kier alpha value is -1.30. The highest BCUT2D eigenvalue weighted by Crippen LogP contribution is 2.19. The van der Waals surface area contributed by atoms with Crippen molar-refractivity contribution in [1.29, 1.82) is 0 Å². The van der Waals surface area contributed by atoms with Crippen molar-refractivity contribution in [3.63, 3.8) is 0 Å². The van der Waals surface area contributed by atoms with Crippen LogP contribution in [-0.2, 0) is 4.79 Å². The zero-order valence-electron chi connectivity index (χ0n) is 10.2. The SMILES string of the molecule is CCC1CCCN1C(=O)N[C@H](C(=O)O)[C@@H](C)O. The molecule has 1 unspecified atom stereocenters. The standard InChI is InChI=1S/C11H20N2O4/c1-3-8-5-4-6-13(8)11(17)12-9(7(2)14)10(15)16/h7-9,14H,3-6H2,1-2H3,(H,12,17)(H,15,16)/t7-,8?,9+/m1/s1. The van der Waals surface area contributed by atoms with E-state index in [1.54, 1.807) is 4.90 Å². The number of likely N-dealkylation sites (tertiary alicyclic amines) is 1. The van der Waals surface area contributed by atoms with Gasteiger partial charge in [-0.3, -0.25) is 0 Å². The minimum atomic E-state index is -1.25. The average Bonchev–Trinajstić information content (AvgIpc) is 2.72. The second-order valence-electron chi connectivity index (χ2n) is 4.40. The lowest BCUT2D eigenvalue weighted by Crippen LogP contribution is -2.53. The molecule has 2 amide bonds. The van der Waals surface area contributed by atoms with E-state index < -0.39 is 24.1 Å². The number of aliphatic hydroxyl groups is 1. The molecule has 6 nitrogen and oxygen atoms in total. The highest BCUT2D eigenvalue weighted by atomic mass is 16.4. The number of rotatable bonds is 4. The van der Waals surface area contributed by atoms with Gasteiger partial charge in [0.2, 0.25) is 0 Å².